The first kappa shape index (κ1) is 84.7. The van der Waals surface area contributed by atoms with Crippen LogP contribution in [0.25, 0.3) is 21.3 Å². The van der Waals surface area contributed by atoms with E-state index in [1.165, 1.54) is 40.5 Å². The summed E-state index contributed by atoms with van der Waals surface area (Å²) in [7, 11) is 0. The van der Waals surface area contributed by atoms with Crippen LogP contribution in [-0.2, 0) is 75.6 Å². The van der Waals surface area contributed by atoms with E-state index in [0.717, 1.165) is 64.0 Å². The summed E-state index contributed by atoms with van der Waals surface area (Å²) in [6, 6.07) is 26.9. The molecule has 7 aromatic rings. The topological polar surface area (TPSA) is 448 Å². The number of aliphatic hydroxyl groups is 3. The molecule has 1 saturated heterocycles. The maximum absolute atomic E-state index is 14.7. The molecule has 4 aromatic carbocycles. The van der Waals surface area contributed by atoms with Crippen molar-refractivity contribution in [2.24, 2.45) is 34.3 Å². The summed E-state index contributed by atoms with van der Waals surface area (Å²) in [6.45, 7) is 11.7. The van der Waals surface area contributed by atoms with Gasteiger partial charge in [0.05, 0.1) is 28.6 Å². The fraction of sp³-hybridized carbons (Fsp3) is 0.471. The number of aliphatic hydroxyl groups excluding tert-OH is 3. The molecule has 0 radical (unpaired) electrons. The molecular formula is C85H101N13O19S. The third-order valence-corrected chi connectivity index (χ3v) is 24.7. The number of amides is 9. The van der Waals surface area contributed by atoms with Gasteiger partial charge in [0.15, 0.2) is 16.9 Å². The van der Waals surface area contributed by atoms with Gasteiger partial charge in [0.1, 0.15) is 48.6 Å². The molecule has 9 amide bonds. The number of fused-ring (bicyclic) bond motifs is 4. The molecule has 3 aliphatic carbocycles. The molecule has 626 valence electrons. The summed E-state index contributed by atoms with van der Waals surface area (Å²) < 4.78 is 27.4. The normalized spacial score (nSPS) is 23.6. The Balaban J connectivity index is 0.675. The number of carbonyl (C=O) groups excluding carboxylic acids is 8. The predicted octanol–water partition coefficient (Wildman–Crippen LogP) is 8.37. The third-order valence-electron chi connectivity index (χ3n) is 23.8. The third kappa shape index (κ3) is 19.5. The molecular weight excluding hydrogens is 1540 g/mol. The molecule has 3 bridgehead atoms. The van der Waals surface area contributed by atoms with Crippen LogP contribution < -0.4 is 42.0 Å². The van der Waals surface area contributed by atoms with Gasteiger partial charge < -0.3 is 81.3 Å². The van der Waals surface area contributed by atoms with Crippen LogP contribution in [0.15, 0.2) is 121 Å². The van der Waals surface area contributed by atoms with Gasteiger partial charge in [0.2, 0.25) is 24.0 Å². The number of primary amides is 1. The molecule has 33 heteroatoms. The van der Waals surface area contributed by atoms with Gasteiger partial charge in [0, 0.05) is 92.5 Å². The largest absolute Gasteiger partial charge is 0.479 e. The minimum atomic E-state index is -1.93. The Morgan fingerprint density at radius 3 is 2.29 bits per heavy atom. The monoisotopic (exact) mass is 1640 g/mol. The van der Waals surface area contributed by atoms with Crippen LogP contribution in [0.1, 0.15) is 154 Å². The van der Waals surface area contributed by atoms with Crippen LogP contribution in [0.2, 0.25) is 0 Å². The Morgan fingerprint density at radius 2 is 1.56 bits per heavy atom. The Kier molecular flexibility index (Phi) is 26.1. The number of aliphatic carboxylic acids is 1. The van der Waals surface area contributed by atoms with Crippen molar-refractivity contribution in [2.75, 3.05) is 48.3 Å². The first-order chi connectivity index (χ1) is 56.4. The predicted molar refractivity (Wildman–Crippen MR) is 432 cm³/mol. The number of hydrogen-bond acceptors (Lipinski definition) is 22. The van der Waals surface area contributed by atoms with E-state index in [-0.39, 0.29) is 105 Å². The Hall–Kier alpha value is -11.2. The van der Waals surface area contributed by atoms with Crippen molar-refractivity contribution < 1.29 is 92.4 Å². The van der Waals surface area contributed by atoms with Crippen LogP contribution in [0.3, 0.4) is 0 Å². The van der Waals surface area contributed by atoms with E-state index in [1.807, 2.05) is 59.0 Å². The van der Waals surface area contributed by atoms with E-state index in [4.69, 9.17) is 34.8 Å². The van der Waals surface area contributed by atoms with Crippen molar-refractivity contribution in [1.29, 1.82) is 0 Å². The summed E-state index contributed by atoms with van der Waals surface area (Å²) >= 11 is 1.40. The lowest BCUT2D eigenvalue weighted by atomic mass is 9.42. The standard InChI is InChI=1S/C85H101N13O19S/c1-48(2)68(93-65(99)18-7-6-10-35-97-66(100)29-30-67(97)101)76(107)90-62(16-12-34-87-80(86)112)75(106)89-54-23-19-52(20-24-54)43-114-82(113)96(41-51-21-25-55(26-22-51)116-79-72(104)70(102)71(103)73(117-79)78(110)111)37-38-115-85-39-49(3)60-31-33-83(5,45-85)44-84(60,46-85)47-98-50(4)58(40-88-98)56-27-28-64(92-69(56)77(108)109)95-36-32-53-13-11-14-57(59(53)42-95)74(105)94-81-91-61-15-8-9-17-63(61)118-81/h8-9,11,13-15,17,19-30,40,48-49,60,62,68,70-73,79,102-104H,6-7,10,12,16,18,31-39,41-47H2,1-5H3,(H,89,106)(H,90,107)(H,93,99)(H,108,109)(H,110,111)(H3,86,87,112)(H,91,94,105)/t49?,60?,62-,68-,70-,71-,72+,73-,79+,83?,84?,85?/m0/s1. The van der Waals surface area contributed by atoms with Crippen molar-refractivity contribution >= 4 is 97.7 Å². The molecule has 6 aliphatic rings. The SMILES string of the molecule is Cc1c(-c2ccc(N3CCc4cccc(C(=O)Nc5nc6ccccc6s5)c4C3)nc2C(=O)O)cnn1CC12CC3(C)CCC1C(C)CC(OCCN(Cc1ccc(O[C@@H]4O[C@H](C(=O)O)[C@@H](O)[C@H](O)[C@H]4O)cc1)C(=O)OCc1ccc(NC(=O)[C@H](CCCNC(N)=O)NC(=O)[C@@H](NC(=O)CCCCCN4C(=O)C=CC4=O)C(C)C)cc1)(C3)C2. The van der Waals surface area contributed by atoms with Gasteiger partial charge in [-0.1, -0.05) is 94.0 Å². The number of nitrogens with one attached hydrogen (secondary N) is 5. The molecule has 12 N–H and O–H groups in total. The van der Waals surface area contributed by atoms with Gasteiger partial charge in [-0.3, -0.25) is 43.7 Å². The lowest BCUT2D eigenvalue weighted by Gasteiger charge is -2.66. The molecule has 3 aliphatic heterocycles. The number of unbranched alkanes of at least 4 members (excludes halogenated alkanes) is 2. The number of carboxylic acid groups (broad SMARTS) is 2. The van der Waals surface area contributed by atoms with Gasteiger partial charge in [-0.2, -0.15) is 5.10 Å². The average Bonchev–Trinajstić information content (AvgIpc) is 0.829. The van der Waals surface area contributed by atoms with Crippen molar-refractivity contribution in [3.05, 3.63) is 161 Å². The Bertz CT molecular complexity index is 4910. The van der Waals surface area contributed by atoms with Crippen molar-refractivity contribution in [2.45, 2.75) is 193 Å². The summed E-state index contributed by atoms with van der Waals surface area (Å²) in [5, 5.41) is 71.4. The number of carbonyl (C=O) groups is 10. The quantitative estimate of drug-likeness (QED) is 0.0133. The molecule has 4 fully saturated rings. The summed E-state index contributed by atoms with van der Waals surface area (Å²) in [4.78, 5) is 144. The summed E-state index contributed by atoms with van der Waals surface area (Å²) in [6.07, 6.45) is 1.83. The van der Waals surface area contributed by atoms with Gasteiger partial charge >= 0.3 is 24.1 Å². The first-order valence-corrected chi connectivity index (χ1v) is 40.9. The number of nitrogens with zero attached hydrogens (tertiary/aromatic N) is 7. The number of para-hydroxylation sites is 1. The maximum atomic E-state index is 14.7. The van der Waals surface area contributed by atoms with E-state index >= 15 is 0 Å². The Morgan fingerprint density at radius 1 is 0.805 bits per heavy atom. The van der Waals surface area contributed by atoms with Crippen molar-refractivity contribution in [3.63, 3.8) is 0 Å². The smallest absolute Gasteiger partial charge is 0.410 e. The second-order valence-corrected chi connectivity index (χ2v) is 33.7. The van der Waals surface area contributed by atoms with Crippen LogP contribution in [0.4, 0.5) is 26.2 Å². The number of aromatic nitrogens is 4. The molecule has 6 heterocycles. The number of thiazole rings is 1. The van der Waals surface area contributed by atoms with E-state index in [1.54, 1.807) is 68.6 Å². The fourth-order valence-electron chi connectivity index (χ4n) is 18.3. The Labute approximate surface area is 685 Å². The number of urea groups is 1. The minimum absolute atomic E-state index is 0.00761. The van der Waals surface area contributed by atoms with Gasteiger partial charge in [-0.25, -0.2) is 29.1 Å². The number of nitrogens with two attached hydrogens (primary N) is 1. The van der Waals surface area contributed by atoms with Crippen molar-refractivity contribution in [3.8, 4) is 16.9 Å². The summed E-state index contributed by atoms with van der Waals surface area (Å²) in [5.41, 5.74) is 10.6. The number of anilines is 3. The first-order valence-electron chi connectivity index (χ1n) is 40.0. The molecule has 3 aromatic heterocycles. The number of benzene rings is 4. The van der Waals surface area contributed by atoms with E-state index in [9.17, 15) is 73.5 Å². The van der Waals surface area contributed by atoms with E-state index in [2.05, 4.69) is 45.4 Å². The van der Waals surface area contributed by atoms with Crippen LogP contribution in [0.5, 0.6) is 5.75 Å². The molecule has 32 nitrogen and oxygen atoms in total. The number of pyridine rings is 1. The number of rotatable bonds is 34. The number of aromatic carboxylic acids is 1. The highest BCUT2D eigenvalue weighted by Gasteiger charge is 2.64. The van der Waals surface area contributed by atoms with Crippen LogP contribution in [-0.4, -0.2) is 196 Å². The van der Waals surface area contributed by atoms with Crippen LogP contribution >= 0.6 is 11.3 Å². The van der Waals surface area contributed by atoms with Gasteiger partial charge in [0.25, 0.3) is 17.7 Å². The lowest BCUT2D eigenvalue weighted by molar-refractivity contribution is -0.271. The molecule has 12 atom stereocenters. The number of ether oxygens (including phenoxy) is 4. The minimum Gasteiger partial charge on any atom is -0.479 e. The molecule has 118 heavy (non-hydrogen) atoms. The highest BCUT2D eigenvalue weighted by atomic mass is 32.1. The second-order valence-electron chi connectivity index (χ2n) is 32.7. The molecule has 0 spiro atoms. The summed E-state index contributed by atoms with van der Waals surface area (Å²) in [5.74, 6) is -4.73. The van der Waals surface area contributed by atoms with Gasteiger partial charge in [-0.15, -0.1) is 0 Å². The highest BCUT2D eigenvalue weighted by Crippen LogP contribution is 2.68. The fourth-order valence-corrected chi connectivity index (χ4v) is 19.1. The maximum Gasteiger partial charge on any atom is 0.410 e. The highest BCUT2D eigenvalue weighted by molar-refractivity contribution is 7.22. The van der Waals surface area contributed by atoms with Gasteiger partial charge in [-0.05, 0) is 183 Å². The average molecular weight is 1640 g/mol. The lowest BCUT2D eigenvalue weighted by Crippen LogP contribution is -2.63. The van der Waals surface area contributed by atoms with Crippen LogP contribution in [0, 0.1) is 35.5 Å². The number of hydrogen-bond donors (Lipinski definition) is 11. The number of imide groups is 1. The zero-order valence-corrected chi connectivity index (χ0v) is 67.3. The second kappa shape index (κ2) is 36.3. The van der Waals surface area contributed by atoms with Crippen molar-refractivity contribution in [1.82, 2.24) is 45.5 Å². The number of carboxylic acids is 2. The molecule has 3 saturated carbocycles. The zero-order valence-electron chi connectivity index (χ0n) is 66.4. The van der Waals surface area contributed by atoms with E-state index < -0.39 is 96.1 Å². The molecule has 5 unspecified atom stereocenters. The molecule has 13 rings (SSSR count). The zero-order chi connectivity index (χ0) is 83.9. The van der Waals surface area contributed by atoms with E-state index in [0.29, 0.717) is 102 Å².